The first-order valence-corrected chi connectivity index (χ1v) is 5.80. The first kappa shape index (κ1) is 16.1. The monoisotopic (exact) mass is 257 g/mol. The topological polar surface area (TPSA) is 92.7 Å². The van der Waals surface area contributed by atoms with E-state index in [4.69, 9.17) is 5.11 Å². The number of Topliss-reactive ketones (excluding diaryl/α,β-unsaturated/α-hetero) is 1. The summed E-state index contributed by atoms with van der Waals surface area (Å²) in [5, 5.41) is 10.9. The molecule has 0 aliphatic heterocycles. The average molecular weight is 257 g/mol. The van der Waals surface area contributed by atoms with Crippen LogP contribution in [0.15, 0.2) is 12.7 Å². The average Bonchev–Trinajstić information content (AvgIpc) is 2.32. The van der Waals surface area contributed by atoms with Gasteiger partial charge in [0.2, 0.25) is 0 Å². The summed E-state index contributed by atoms with van der Waals surface area (Å²) in [5.74, 6) is -1.44. The lowest BCUT2D eigenvalue weighted by atomic mass is 10.0. The van der Waals surface area contributed by atoms with Crippen LogP contribution in [-0.4, -0.2) is 35.6 Å². The van der Waals surface area contributed by atoms with Crippen molar-refractivity contribution < 1.29 is 24.2 Å². The molecule has 0 spiro atoms. The van der Waals surface area contributed by atoms with Gasteiger partial charge in [0.25, 0.3) is 0 Å². The van der Waals surface area contributed by atoms with Crippen molar-refractivity contribution in [1.29, 1.82) is 0 Å². The first-order valence-electron chi connectivity index (χ1n) is 5.80. The zero-order valence-corrected chi connectivity index (χ0v) is 10.5. The zero-order chi connectivity index (χ0) is 14.0. The number of amides is 1. The smallest absolute Gasteiger partial charge is 0.408 e. The summed E-state index contributed by atoms with van der Waals surface area (Å²) in [5.41, 5.74) is 0. The number of carbonyl (C=O) groups is 3. The van der Waals surface area contributed by atoms with Crippen LogP contribution < -0.4 is 5.32 Å². The van der Waals surface area contributed by atoms with Crippen LogP contribution in [0.4, 0.5) is 4.79 Å². The van der Waals surface area contributed by atoms with Gasteiger partial charge in [0.15, 0.2) is 5.78 Å². The molecule has 0 aromatic rings. The Morgan fingerprint density at radius 1 is 1.44 bits per heavy atom. The van der Waals surface area contributed by atoms with E-state index in [-0.39, 0.29) is 18.8 Å². The van der Waals surface area contributed by atoms with E-state index in [0.29, 0.717) is 6.42 Å². The highest BCUT2D eigenvalue weighted by Crippen LogP contribution is 2.03. The molecule has 0 aromatic heterocycles. The normalized spacial score (nSPS) is 11.4. The minimum Gasteiger partial charge on any atom is -0.481 e. The van der Waals surface area contributed by atoms with Crippen molar-refractivity contribution in [2.24, 2.45) is 0 Å². The van der Waals surface area contributed by atoms with Gasteiger partial charge in [0.1, 0.15) is 12.6 Å². The van der Waals surface area contributed by atoms with Crippen molar-refractivity contribution in [2.75, 3.05) is 6.61 Å². The van der Waals surface area contributed by atoms with Gasteiger partial charge in [-0.05, 0) is 6.42 Å². The number of alkyl carbamates (subject to hydrolysis) is 1. The third-order valence-electron chi connectivity index (χ3n) is 2.17. The van der Waals surface area contributed by atoms with Gasteiger partial charge < -0.3 is 15.2 Å². The third kappa shape index (κ3) is 7.43. The highest BCUT2D eigenvalue weighted by atomic mass is 16.5. The van der Waals surface area contributed by atoms with Gasteiger partial charge >= 0.3 is 12.1 Å². The van der Waals surface area contributed by atoms with E-state index in [1.165, 1.54) is 6.08 Å². The van der Waals surface area contributed by atoms with Crippen molar-refractivity contribution in [3.05, 3.63) is 12.7 Å². The van der Waals surface area contributed by atoms with E-state index >= 15 is 0 Å². The second-order valence-corrected chi connectivity index (χ2v) is 3.75. The van der Waals surface area contributed by atoms with Crippen molar-refractivity contribution in [1.82, 2.24) is 5.32 Å². The van der Waals surface area contributed by atoms with Gasteiger partial charge in [-0.2, -0.15) is 0 Å². The number of hydrogen-bond acceptors (Lipinski definition) is 4. The van der Waals surface area contributed by atoms with Crippen LogP contribution in [0.25, 0.3) is 0 Å². The Labute approximate surface area is 106 Å². The van der Waals surface area contributed by atoms with Crippen LogP contribution >= 0.6 is 0 Å². The summed E-state index contributed by atoms with van der Waals surface area (Å²) >= 11 is 0. The van der Waals surface area contributed by atoms with Crippen LogP contribution in [0.3, 0.4) is 0 Å². The molecule has 6 heteroatoms. The second-order valence-electron chi connectivity index (χ2n) is 3.75. The number of rotatable bonds is 9. The van der Waals surface area contributed by atoms with Crippen LogP contribution in [0.1, 0.15) is 32.6 Å². The SMILES string of the molecule is C=CCOC(=O)N[C@@H](CC(=O)O)C(=O)CCCC. The first-order chi connectivity index (χ1) is 8.51. The lowest BCUT2D eigenvalue weighted by molar-refractivity contribution is -0.139. The molecule has 0 aliphatic carbocycles. The molecule has 0 radical (unpaired) electrons. The minimum atomic E-state index is -1.14. The maximum Gasteiger partial charge on any atom is 0.408 e. The zero-order valence-electron chi connectivity index (χ0n) is 10.5. The molecule has 102 valence electrons. The molecule has 0 heterocycles. The Bertz CT molecular complexity index is 314. The lowest BCUT2D eigenvalue weighted by Gasteiger charge is -2.15. The molecule has 0 unspecified atom stereocenters. The van der Waals surface area contributed by atoms with E-state index in [1.54, 1.807) is 0 Å². The van der Waals surface area contributed by atoms with Crippen molar-refractivity contribution in [3.8, 4) is 0 Å². The molecular weight excluding hydrogens is 238 g/mol. The molecule has 0 saturated heterocycles. The molecule has 1 atom stereocenters. The van der Waals surface area contributed by atoms with Gasteiger partial charge in [0.05, 0.1) is 6.42 Å². The highest BCUT2D eigenvalue weighted by molar-refractivity contribution is 5.90. The molecule has 0 aliphatic rings. The quantitative estimate of drug-likeness (QED) is 0.610. The largest absolute Gasteiger partial charge is 0.481 e. The maximum atomic E-state index is 11.7. The molecule has 1 amide bonds. The molecule has 2 N–H and O–H groups in total. The van der Waals surface area contributed by atoms with E-state index in [1.807, 2.05) is 6.92 Å². The fraction of sp³-hybridized carbons (Fsp3) is 0.583. The lowest BCUT2D eigenvalue weighted by Crippen LogP contribution is -2.42. The molecule has 0 rings (SSSR count). The molecule has 0 bridgehead atoms. The highest BCUT2D eigenvalue weighted by Gasteiger charge is 2.23. The van der Waals surface area contributed by atoms with Crippen LogP contribution in [0, 0.1) is 0 Å². The number of carboxylic acid groups (broad SMARTS) is 1. The summed E-state index contributed by atoms with van der Waals surface area (Å²) < 4.78 is 4.64. The van der Waals surface area contributed by atoms with Crippen molar-refractivity contribution in [2.45, 2.75) is 38.6 Å². The van der Waals surface area contributed by atoms with Gasteiger partial charge in [-0.1, -0.05) is 26.0 Å². The fourth-order valence-corrected chi connectivity index (χ4v) is 1.26. The number of hydrogen-bond donors (Lipinski definition) is 2. The Morgan fingerprint density at radius 2 is 2.11 bits per heavy atom. The summed E-state index contributed by atoms with van der Waals surface area (Å²) in [6, 6.07) is -1.04. The fourth-order valence-electron chi connectivity index (χ4n) is 1.26. The standard InChI is InChI=1S/C12H19NO5/c1-3-5-6-10(14)9(8-11(15)16)13-12(17)18-7-4-2/h4,9H,2-3,5-8H2,1H3,(H,13,17)(H,15,16)/t9-/m0/s1. The Kier molecular flexibility index (Phi) is 8.26. The Hall–Kier alpha value is -1.85. The van der Waals surface area contributed by atoms with Gasteiger partial charge in [0, 0.05) is 6.42 Å². The number of carbonyl (C=O) groups excluding carboxylic acids is 2. The van der Waals surface area contributed by atoms with Crippen molar-refractivity contribution in [3.63, 3.8) is 0 Å². The van der Waals surface area contributed by atoms with Crippen LogP contribution in [0.5, 0.6) is 0 Å². The van der Waals surface area contributed by atoms with E-state index < -0.39 is 24.5 Å². The Balaban J connectivity index is 4.37. The number of ether oxygens (including phenoxy) is 1. The number of carboxylic acids is 1. The minimum absolute atomic E-state index is 0.00871. The number of unbranched alkanes of at least 4 members (excludes halogenated alkanes) is 1. The summed E-state index contributed by atoms with van der Waals surface area (Å²) in [6.45, 7) is 5.30. The maximum absolute atomic E-state index is 11.7. The molecule has 18 heavy (non-hydrogen) atoms. The molecule has 0 saturated carbocycles. The summed E-state index contributed by atoms with van der Waals surface area (Å²) in [7, 11) is 0. The molecule has 6 nitrogen and oxygen atoms in total. The molecule has 0 aromatic carbocycles. The number of nitrogens with one attached hydrogen (secondary N) is 1. The van der Waals surface area contributed by atoms with E-state index in [0.717, 1.165) is 6.42 Å². The number of aliphatic carboxylic acids is 1. The van der Waals surface area contributed by atoms with Crippen LogP contribution in [0.2, 0.25) is 0 Å². The summed E-state index contributed by atoms with van der Waals surface area (Å²) in [6.07, 6.45) is 1.86. The molecule has 0 fully saturated rings. The van der Waals surface area contributed by atoms with E-state index in [2.05, 4.69) is 16.6 Å². The van der Waals surface area contributed by atoms with Gasteiger partial charge in [-0.15, -0.1) is 0 Å². The van der Waals surface area contributed by atoms with Crippen molar-refractivity contribution >= 4 is 17.8 Å². The predicted molar refractivity (Wildman–Crippen MR) is 65.3 cm³/mol. The van der Waals surface area contributed by atoms with Gasteiger partial charge in [-0.25, -0.2) is 4.79 Å². The number of ketones is 1. The predicted octanol–water partition coefficient (Wildman–Crippen LogP) is 1.50. The molecular formula is C12H19NO5. The second kappa shape index (κ2) is 9.21. The van der Waals surface area contributed by atoms with E-state index in [9.17, 15) is 14.4 Å². The van der Waals surface area contributed by atoms with Crippen LogP contribution in [-0.2, 0) is 14.3 Å². The third-order valence-corrected chi connectivity index (χ3v) is 2.17. The summed E-state index contributed by atoms with van der Waals surface area (Å²) in [4.78, 5) is 33.6. The van der Waals surface area contributed by atoms with Gasteiger partial charge in [-0.3, -0.25) is 9.59 Å². The Morgan fingerprint density at radius 3 is 2.61 bits per heavy atom.